The summed E-state index contributed by atoms with van der Waals surface area (Å²) in [6, 6.07) is 24.7. The third kappa shape index (κ3) is 4.70. The second-order valence-electron chi connectivity index (χ2n) is 7.28. The Balaban J connectivity index is 1.62. The first kappa shape index (κ1) is 20.9. The van der Waals surface area contributed by atoms with Gasteiger partial charge < -0.3 is 15.0 Å². The van der Waals surface area contributed by atoms with E-state index in [0.29, 0.717) is 16.7 Å². The smallest absolute Gasteiger partial charge is 0.337 e. The van der Waals surface area contributed by atoms with Crippen molar-refractivity contribution in [2.24, 2.45) is 0 Å². The Hall–Kier alpha value is -3.38. The molecule has 1 heterocycles. The maximum atomic E-state index is 13.2. The minimum absolute atomic E-state index is 0.0365. The molecule has 5 nitrogen and oxygen atoms in total. The number of fused-ring (bicyclic) bond motifs is 1. The highest BCUT2D eigenvalue weighted by Gasteiger charge is 2.18. The van der Waals surface area contributed by atoms with E-state index in [0.717, 1.165) is 23.7 Å². The molecule has 31 heavy (non-hydrogen) atoms. The number of aryl methyl sites for hydroxylation is 2. The van der Waals surface area contributed by atoms with Crippen molar-refractivity contribution in [3.63, 3.8) is 0 Å². The minimum Gasteiger partial charge on any atom is -0.478 e. The van der Waals surface area contributed by atoms with Gasteiger partial charge in [0.1, 0.15) is 5.69 Å². The number of carboxylic acids is 1. The molecule has 0 aliphatic carbocycles. The largest absolute Gasteiger partial charge is 0.478 e. The quantitative estimate of drug-likeness (QED) is 0.344. The van der Waals surface area contributed by atoms with Crippen LogP contribution in [0.3, 0.4) is 0 Å². The number of carbonyl (C=O) groups is 2. The topological polar surface area (TPSA) is 71.3 Å². The third-order valence-corrected chi connectivity index (χ3v) is 5.69. The number of rotatable bonds is 7. The number of hydrogen-bond donors (Lipinski definition) is 2. The number of amides is 1. The van der Waals surface area contributed by atoms with Gasteiger partial charge in [0, 0.05) is 21.9 Å². The van der Waals surface area contributed by atoms with Crippen LogP contribution in [-0.4, -0.2) is 21.6 Å². The summed E-state index contributed by atoms with van der Waals surface area (Å²) in [5.74, 6) is -1.43. The van der Waals surface area contributed by atoms with Crippen molar-refractivity contribution < 1.29 is 14.7 Å². The van der Waals surface area contributed by atoms with Gasteiger partial charge in [0.2, 0.25) is 0 Å². The van der Waals surface area contributed by atoms with Crippen LogP contribution in [0.2, 0.25) is 0 Å². The molecule has 3 aromatic carbocycles. The zero-order chi connectivity index (χ0) is 21.8. The van der Waals surface area contributed by atoms with Crippen LogP contribution in [0.1, 0.15) is 32.8 Å². The first-order chi connectivity index (χ1) is 15.0. The zero-order valence-electron chi connectivity index (χ0n) is 16.7. The fourth-order valence-electron chi connectivity index (χ4n) is 3.71. The molecule has 156 valence electrons. The van der Waals surface area contributed by atoms with Crippen molar-refractivity contribution in [2.75, 3.05) is 5.32 Å². The Morgan fingerprint density at radius 1 is 0.935 bits per heavy atom. The highest BCUT2D eigenvalue weighted by molar-refractivity contribution is 9.10. The van der Waals surface area contributed by atoms with Gasteiger partial charge in [-0.15, -0.1) is 0 Å². The number of anilines is 1. The minimum atomic E-state index is -1.10. The van der Waals surface area contributed by atoms with Gasteiger partial charge in [0.15, 0.2) is 0 Å². The van der Waals surface area contributed by atoms with Crippen LogP contribution < -0.4 is 5.32 Å². The molecule has 0 spiro atoms. The first-order valence-corrected chi connectivity index (χ1v) is 10.8. The molecule has 0 saturated heterocycles. The van der Waals surface area contributed by atoms with Crippen LogP contribution >= 0.6 is 15.9 Å². The van der Waals surface area contributed by atoms with E-state index >= 15 is 0 Å². The molecule has 2 N–H and O–H groups in total. The lowest BCUT2D eigenvalue weighted by molar-refractivity contribution is 0.0698. The van der Waals surface area contributed by atoms with Gasteiger partial charge in [-0.2, -0.15) is 0 Å². The molecule has 0 saturated carbocycles. The van der Waals surface area contributed by atoms with Crippen molar-refractivity contribution >= 4 is 44.4 Å². The lowest BCUT2D eigenvalue weighted by Gasteiger charge is -2.13. The molecule has 0 aliphatic heterocycles. The van der Waals surface area contributed by atoms with E-state index < -0.39 is 5.97 Å². The van der Waals surface area contributed by atoms with Gasteiger partial charge in [-0.05, 0) is 48.7 Å². The molecule has 0 radical (unpaired) electrons. The van der Waals surface area contributed by atoms with Crippen LogP contribution in [0.25, 0.3) is 10.9 Å². The molecule has 1 aromatic heterocycles. The predicted octanol–water partition coefficient (Wildman–Crippen LogP) is 5.99. The summed E-state index contributed by atoms with van der Waals surface area (Å²) in [5.41, 5.74) is 3.05. The second kappa shape index (κ2) is 9.18. The summed E-state index contributed by atoms with van der Waals surface area (Å²) in [5, 5.41) is 13.2. The predicted molar refractivity (Wildman–Crippen MR) is 126 cm³/mol. The van der Waals surface area contributed by atoms with Crippen LogP contribution in [0, 0.1) is 0 Å². The lowest BCUT2D eigenvalue weighted by Crippen LogP contribution is -2.19. The van der Waals surface area contributed by atoms with Crippen LogP contribution in [0.15, 0.2) is 83.3 Å². The zero-order valence-corrected chi connectivity index (χ0v) is 18.3. The maximum Gasteiger partial charge on any atom is 0.337 e. The van der Waals surface area contributed by atoms with Crippen LogP contribution in [0.5, 0.6) is 0 Å². The second-order valence-corrected chi connectivity index (χ2v) is 8.19. The number of benzene rings is 3. The molecule has 4 rings (SSSR count). The Labute approximate surface area is 188 Å². The van der Waals surface area contributed by atoms with E-state index in [1.807, 2.05) is 53.1 Å². The fraction of sp³-hybridized carbons (Fsp3) is 0.120. The Kier molecular flexibility index (Phi) is 6.18. The number of nitrogens with one attached hydrogen (secondary N) is 1. The molecule has 1 amide bonds. The highest BCUT2D eigenvalue weighted by Crippen LogP contribution is 2.25. The Morgan fingerprint density at radius 2 is 1.68 bits per heavy atom. The number of carboxylic acid groups (broad SMARTS) is 1. The average Bonchev–Trinajstić information content (AvgIpc) is 3.14. The van der Waals surface area contributed by atoms with E-state index in [1.54, 1.807) is 12.1 Å². The van der Waals surface area contributed by atoms with Crippen molar-refractivity contribution in [1.82, 2.24) is 4.57 Å². The molecule has 0 unspecified atom stereocenters. The van der Waals surface area contributed by atoms with Crippen molar-refractivity contribution in [1.29, 1.82) is 0 Å². The molecule has 0 atom stereocenters. The summed E-state index contributed by atoms with van der Waals surface area (Å²) in [6.45, 7) is 0.678. The first-order valence-electron chi connectivity index (χ1n) is 9.99. The van der Waals surface area contributed by atoms with Crippen molar-refractivity contribution in [2.45, 2.75) is 19.4 Å². The van der Waals surface area contributed by atoms with Gasteiger partial charge in [0.25, 0.3) is 5.91 Å². The van der Waals surface area contributed by atoms with Crippen molar-refractivity contribution in [3.8, 4) is 0 Å². The van der Waals surface area contributed by atoms with Gasteiger partial charge in [-0.25, -0.2) is 4.79 Å². The van der Waals surface area contributed by atoms with Gasteiger partial charge in [-0.3, -0.25) is 4.79 Å². The summed E-state index contributed by atoms with van der Waals surface area (Å²) in [7, 11) is 0. The molecule has 4 aromatic rings. The fourth-order valence-corrected chi connectivity index (χ4v) is 4.08. The Bertz CT molecular complexity index is 1250. The summed E-state index contributed by atoms with van der Waals surface area (Å²) >= 11 is 3.28. The van der Waals surface area contributed by atoms with E-state index in [4.69, 9.17) is 0 Å². The summed E-state index contributed by atoms with van der Waals surface area (Å²) < 4.78 is 2.64. The van der Waals surface area contributed by atoms with Gasteiger partial charge >= 0.3 is 5.97 Å². The molecular formula is C25H21BrN2O3. The highest BCUT2D eigenvalue weighted by atomic mass is 79.9. The summed E-state index contributed by atoms with van der Waals surface area (Å²) in [6.07, 6.45) is 1.78. The van der Waals surface area contributed by atoms with Crippen molar-refractivity contribution in [3.05, 3.63) is 100 Å². The van der Waals surface area contributed by atoms with Crippen LogP contribution in [0.4, 0.5) is 5.69 Å². The normalized spacial score (nSPS) is 10.9. The standard InChI is InChI=1S/C25H21BrN2O3/c26-19-12-13-21(20(16-19)25(30)31)27-24(29)23-15-18-10-4-5-11-22(18)28(23)14-6-9-17-7-2-1-3-8-17/h1-5,7-8,10-13,15-16H,6,9,14H2,(H,27,29)(H,30,31). The molecule has 0 aliphatic rings. The van der Waals surface area contributed by atoms with E-state index in [9.17, 15) is 14.7 Å². The number of aromatic carboxylic acids is 1. The number of para-hydroxylation sites is 1. The average molecular weight is 477 g/mol. The van der Waals surface area contributed by atoms with E-state index in [2.05, 4.69) is 33.4 Å². The number of halogens is 1. The van der Waals surface area contributed by atoms with Crippen LogP contribution in [-0.2, 0) is 13.0 Å². The number of carbonyl (C=O) groups excluding carboxylic acids is 1. The lowest BCUT2D eigenvalue weighted by atomic mass is 10.1. The summed E-state index contributed by atoms with van der Waals surface area (Å²) in [4.78, 5) is 24.8. The maximum absolute atomic E-state index is 13.2. The molecule has 0 bridgehead atoms. The van der Waals surface area contributed by atoms with Gasteiger partial charge in [0.05, 0.1) is 11.3 Å². The van der Waals surface area contributed by atoms with Gasteiger partial charge in [-0.1, -0.05) is 64.5 Å². The molecule has 6 heteroatoms. The number of aromatic nitrogens is 1. The SMILES string of the molecule is O=C(O)c1cc(Br)ccc1NC(=O)c1cc2ccccc2n1CCCc1ccccc1. The number of hydrogen-bond acceptors (Lipinski definition) is 2. The monoisotopic (exact) mass is 476 g/mol. The third-order valence-electron chi connectivity index (χ3n) is 5.19. The molecular weight excluding hydrogens is 456 g/mol. The van der Waals surface area contributed by atoms with E-state index in [-0.39, 0.29) is 17.2 Å². The molecule has 0 fully saturated rings. The Morgan fingerprint density at radius 3 is 2.45 bits per heavy atom. The van der Waals surface area contributed by atoms with E-state index in [1.165, 1.54) is 11.6 Å². The number of nitrogens with zero attached hydrogens (tertiary/aromatic N) is 1.